The quantitative estimate of drug-likeness (QED) is 0.869. The molecule has 1 saturated heterocycles. The summed E-state index contributed by atoms with van der Waals surface area (Å²) < 4.78 is 1.65. The van der Waals surface area contributed by atoms with Crippen molar-refractivity contribution in [3.05, 3.63) is 22.6 Å². The zero-order valence-electron chi connectivity index (χ0n) is 12.6. The summed E-state index contributed by atoms with van der Waals surface area (Å²) in [4.78, 5) is 14.7. The fourth-order valence-corrected chi connectivity index (χ4v) is 4.09. The van der Waals surface area contributed by atoms with E-state index in [-0.39, 0.29) is 11.0 Å². The predicted molar refractivity (Wildman–Crippen MR) is 89.3 cm³/mol. The minimum Gasteiger partial charge on any atom is -0.370 e. The molecule has 0 radical (unpaired) electrons. The van der Waals surface area contributed by atoms with Crippen molar-refractivity contribution in [2.24, 2.45) is 5.41 Å². The van der Waals surface area contributed by atoms with Gasteiger partial charge in [-0.15, -0.1) is 0 Å². The molecule has 0 amide bonds. The lowest BCUT2D eigenvalue weighted by Gasteiger charge is -2.29. The lowest BCUT2D eigenvalue weighted by Crippen LogP contribution is -2.35. The Kier molecular flexibility index (Phi) is 4.57. The van der Waals surface area contributed by atoms with Crippen molar-refractivity contribution >= 4 is 18.3 Å². The fourth-order valence-electron chi connectivity index (χ4n) is 3.68. The number of hydrogen-bond acceptors (Lipinski definition) is 4. The highest BCUT2D eigenvalue weighted by Crippen LogP contribution is 2.40. The summed E-state index contributed by atoms with van der Waals surface area (Å²) in [6.07, 6.45) is 10.4. The molecule has 0 unspecified atom stereocenters. The predicted octanol–water partition coefficient (Wildman–Crippen LogP) is 2.72. The van der Waals surface area contributed by atoms with Crippen LogP contribution in [0.3, 0.4) is 0 Å². The highest BCUT2D eigenvalue weighted by Gasteiger charge is 2.33. The molecule has 1 aromatic heterocycles. The second-order valence-electron chi connectivity index (χ2n) is 6.62. The Hall–Kier alpha value is -0.970. The lowest BCUT2D eigenvalue weighted by molar-refractivity contribution is 0.270. The van der Waals surface area contributed by atoms with Gasteiger partial charge in [-0.2, -0.15) is 17.7 Å². The summed E-state index contributed by atoms with van der Waals surface area (Å²) in [5, 5.41) is 4.44. The molecule has 0 spiro atoms. The summed E-state index contributed by atoms with van der Waals surface area (Å²) >= 11 is 4.52. The zero-order chi connectivity index (χ0) is 14.7. The molecule has 2 fully saturated rings. The van der Waals surface area contributed by atoms with Crippen LogP contribution in [0.15, 0.2) is 17.1 Å². The molecule has 0 atom stereocenters. The van der Waals surface area contributed by atoms with E-state index >= 15 is 0 Å². The molecule has 1 aliphatic carbocycles. The van der Waals surface area contributed by atoms with Gasteiger partial charge in [0.2, 0.25) is 0 Å². The number of piperidine rings is 1. The van der Waals surface area contributed by atoms with Crippen molar-refractivity contribution in [3.8, 4) is 0 Å². The van der Waals surface area contributed by atoms with Gasteiger partial charge in [0.05, 0.1) is 18.4 Å². The summed E-state index contributed by atoms with van der Waals surface area (Å²) in [7, 11) is 0. The van der Waals surface area contributed by atoms with Crippen LogP contribution in [0.5, 0.6) is 0 Å². The van der Waals surface area contributed by atoms with Crippen LogP contribution in [-0.4, -0.2) is 28.6 Å². The first-order valence-electron chi connectivity index (χ1n) is 8.15. The number of aromatic nitrogens is 2. The number of rotatable bonds is 4. The van der Waals surface area contributed by atoms with Crippen LogP contribution in [0.25, 0.3) is 0 Å². The third kappa shape index (κ3) is 3.28. The van der Waals surface area contributed by atoms with E-state index in [0.29, 0.717) is 0 Å². The Bertz CT molecular complexity index is 531. The molecule has 2 aliphatic rings. The largest absolute Gasteiger partial charge is 0.370 e. The average molecular weight is 307 g/mol. The van der Waals surface area contributed by atoms with E-state index in [2.05, 4.69) is 22.6 Å². The van der Waals surface area contributed by atoms with Gasteiger partial charge in [-0.3, -0.25) is 4.79 Å². The molecule has 1 aliphatic heterocycles. The Morgan fingerprint density at radius 1 is 1.14 bits per heavy atom. The Labute approximate surface area is 131 Å². The van der Waals surface area contributed by atoms with Gasteiger partial charge in [0.1, 0.15) is 0 Å². The van der Waals surface area contributed by atoms with E-state index in [1.165, 1.54) is 44.9 Å². The van der Waals surface area contributed by atoms with Crippen molar-refractivity contribution in [1.82, 2.24) is 9.78 Å². The van der Waals surface area contributed by atoms with Crippen LogP contribution < -0.4 is 10.5 Å². The molecular formula is C16H25N3OS. The molecule has 0 N–H and O–H groups in total. The fraction of sp³-hybridized carbons (Fsp3) is 0.750. The molecule has 21 heavy (non-hydrogen) atoms. The van der Waals surface area contributed by atoms with E-state index in [1.807, 2.05) is 6.20 Å². The molecule has 4 nitrogen and oxygen atoms in total. The molecule has 0 aromatic carbocycles. The number of nitrogens with zero attached hydrogens (tertiary/aromatic N) is 3. The zero-order valence-corrected chi connectivity index (χ0v) is 13.5. The number of thiol groups is 1. The highest BCUT2D eigenvalue weighted by atomic mass is 32.1. The van der Waals surface area contributed by atoms with Crippen LogP contribution in [0.4, 0.5) is 5.69 Å². The first kappa shape index (κ1) is 14.9. The van der Waals surface area contributed by atoms with E-state index in [1.54, 1.807) is 10.7 Å². The molecule has 1 aromatic rings. The van der Waals surface area contributed by atoms with Crippen LogP contribution >= 0.6 is 12.6 Å². The summed E-state index contributed by atoms with van der Waals surface area (Å²) in [6.45, 7) is 2.81. The maximum absolute atomic E-state index is 12.4. The first-order valence-corrected chi connectivity index (χ1v) is 8.79. The minimum atomic E-state index is 0.0335. The third-order valence-electron chi connectivity index (χ3n) is 5.06. The number of hydrogen-bond donors (Lipinski definition) is 1. The Balaban J connectivity index is 1.76. The molecular weight excluding hydrogens is 282 g/mol. The molecule has 3 rings (SSSR count). The van der Waals surface area contributed by atoms with E-state index in [4.69, 9.17) is 0 Å². The summed E-state index contributed by atoms with van der Waals surface area (Å²) in [6, 6.07) is 1.76. The van der Waals surface area contributed by atoms with Crippen molar-refractivity contribution < 1.29 is 0 Å². The maximum atomic E-state index is 12.4. The van der Waals surface area contributed by atoms with Crippen LogP contribution in [0, 0.1) is 5.41 Å². The highest BCUT2D eigenvalue weighted by molar-refractivity contribution is 7.80. The molecule has 2 heterocycles. The average Bonchev–Trinajstić information content (AvgIpc) is 2.99. The summed E-state index contributed by atoms with van der Waals surface area (Å²) in [5.41, 5.74) is 1.19. The smallest absolute Gasteiger partial charge is 0.268 e. The van der Waals surface area contributed by atoms with Gasteiger partial charge in [0.15, 0.2) is 0 Å². The van der Waals surface area contributed by atoms with Crippen molar-refractivity contribution in [2.75, 3.05) is 23.7 Å². The number of anilines is 1. The van der Waals surface area contributed by atoms with E-state index in [9.17, 15) is 4.79 Å². The topological polar surface area (TPSA) is 38.1 Å². The monoisotopic (exact) mass is 307 g/mol. The standard InChI is InChI=1S/C16H25N3OS/c20-15-10-14(18-8-4-1-5-9-18)11-17-19(15)12-16(13-21)6-2-3-7-16/h10-11,21H,1-9,12-13H2. The summed E-state index contributed by atoms with van der Waals surface area (Å²) in [5.74, 6) is 0.842. The van der Waals surface area contributed by atoms with Gasteiger partial charge < -0.3 is 4.90 Å². The SMILES string of the molecule is O=c1cc(N2CCCCC2)cnn1CC1(CS)CCCC1. The third-order valence-corrected chi connectivity index (χ3v) is 5.73. The first-order chi connectivity index (χ1) is 10.2. The van der Waals surface area contributed by atoms with E-state index < -0.39 is 0 Å². The Morgan fingerprint density at radius 2 is 1.86 bits per heavy atom. The second kappa shape index (κ2) is 6.42. The van der Waals surface area contributed by atoms with Crippen molar-refractivity contribution in [3.63, 3.8) is 0 Å². The maximum Gasteiger partial charge on any atom is 0.268 e. The van der Waals surface area contributed by atoms with Crippen molar-refractivity contribution in [2.45, 2.75) is 51.5 Å². The molecule has 5 heteroatoms. The molecule has 1 saturated carbocycles. The van der Waals surface area contributed by atoms with Crippen molar-refractivity contribution in [1.29, 1.82) is 0 Å². The van der Waals surface area contributed by atoms with Gasteiger partial charge >= 0.3 is 0 Å². The van der Waals surface area contributed by atoms with Gasteiger partial charge in [-0.25, -0.2) is 4.68 Å². The molecule has 116 valence electrons. The molecule has 0 bridgehead atoms. The van der Waals surface area contributed by atoms with Crippen LogP contribution in [0.1, 0.15) is 44.9 Å². The Morgan fingerprint density at radius 3 is 2.48 bits per heavy atom. The van der Waals surface area contributed by atoms with Gasteiger partial charge in [0, 0.05) is 19.2 Å². The minimum absolute atomic E-state index is 0.0335. The van der Waals surface area contributed by atoms with Gasteiger partial charge in [0.25, 0.3) is 5.56 Å². The van der Waals surface area contributed by atoms with E-state index in [0.717, 1.165) is 31.1 Å². The van der Waals surface area contributed by atoms with Crippen LogP contribution in [0.2, 0.25) is 0 Å². The van der Waals surface area contributed by atoms with Crippen LogP contribution in [-0.2, 0) is 6.54 Å². The lowest BCUT2D eigenvalue weighted by atomic mass is 9.88. The second-order valence-corrected chi connectivity index (χ2v) is 6.94. The van der Waals surface area contributed by atoms with Gasteiger partial charge in [-0.1, -0.05) is 12.8 Å². The normalized spacial score (nSPS) is 21.7. The van der Waals surface area contributed by atoms with Gasteiger partial charge in [-0.05, 0) is 43.3 Å².